The summed E-state index contributed by atoms with van der Waals surface area (Å²) in [4.78, 5) is 5.03. The molecule has 90 heavy (non-hydrogen) atoms. The van der Waals surface area contributed by atoms with E-state index < -0.39 is 0 Å². The third-order valence-corrected chi connectivity index (χ3v) is 19.9. The van der Waals surface area contributed by atoms with Gasteiger partial charge in [0.15, 0.2) is 0 Å². The van der Waals surface area contributed by atoms with Crippen LogP contribution in [0.5, 0.6) is 0 Å². The molecule has 14 aromatic carbocycles. The van der Waals surface area contributed by atoms with Gasteiger partial charge in [0, 0.05) is 66.0 Å². The molecule has 0 radical (unpaired) electrons. The third kappa shape index (κ3) is 10.2. The van der Waals surface area contributed by atoms with Crippen LogP contribution in [0.25, 0.3) is 54.6 Å². The Hall–Kier alpha value is -10.3. The zero-order valence-electron chi connectivity index (χ0n) is 52.9. The van der Waals surface area contributed by atoms with Crippen LogP contribution < -0.4 is 9.80 Å². The minimum atomic E-state index is -0.216. The van der Waals surface area contributed by atoms with Crippen LogP contribution in [-0.4, -0.2) is 0 Å². The van der Waals surface area contributed by atoms with Crippen LogP contribution in [0.4, 0.5) is 34.1 Å². The zero-order chi connectivity index (χ0) is 61.8. The van der Waals surface area contributed by atoms with E-state index in [9.17, 15) is 0 Å². The first-order valence-corrected chi connectivity index (χ1v) is 31.8. The van der Waals surface area contributed by atoms with Crippen molar-refractivity contribution in [2.75, 3.05) is 9.80 Å². The minimum absolute atomic E-state index is 0.216. The largest absolute Gasteiger partial charge is 0.310 e. The van der Waals surface area contributed by atoms with Gasteiger partial charge in [-0.05, 0) is 138 Å². The minimum Gasteiger partial charge on any atom is -0.310 e. The maximum Gasteiger partial charge on any atom is 0.0546 e. The highest BCUT2D eigenvalue weighted by atomic mass is 15.2. The van der Waals surface area contributed by atoms with Crippen molar-refractivity contribution in [3.8, 4) is 22.3 Å². The van der Waals surface area contributed by atoms with E-state index in [1.807, 2.05) is 0 Å². The molecule has 0 N–H and O–H groups in total. The lowest BCUT2D eigenvalue weighted by Crippen LogP contribution is -2.20. The summed E-state index contributed by atoms with van der Waals surface area (Å²) >= 11 is 0. The summed E-state index contributed by atoms with van der Waals surface area (Å²) in [6, 6.07) is 118. The predicted molar refractivity (Wildman–Crippen MR) is 385 cm³/mol. The first-order valence-electron chi connectivity index (χ1n) is 31.8. The number of hydrogen-bond donors (Lipinski definition) is 0. The lowest BCUT2D eigenvalue weighted by atomic mass is 9.78. The van der Waals surface area contributed by atoms with Crippen molar-refractivity contribution in [2.24, 2.45) is 0 Å². The molecule has 0 saturated heterocycles. The van der Waals surface area contributed by atoms with Gasteiger partial charge in [-0.15, -0.1) is 0 Å². The van der Waals surface area contributed by atoms with E-state index >= 15 is 0 Å². The van der Waals surface area contributed by atoms with Crippen LogP contribution in [0.15, 0.2) is 315 Å². The number of rotatable bonds is 16. The highest BCUT2D eigenvalue weighted by molar-refractivity contribution is 6.32. The Labute approximate surface area is 532 Å². The predicted octanol–water partition coefficient (Wildman–Crippen LogP) is 24.2. The first kappa shape index (κ1) is 57.5. The molecular weight excluding hydrogens is 1080 g/mol. The number of nitrogens with zero attached hydrogens (tertiary/aromatic N) is 2. The fraction of sp³-hybridized carbons (Fsp3) is 0.136. The summed E-state index contributed by atoms with van der Waals surface area (Å²) in [5.41, 5.74) is 20.5. The fourth-order valence-corrected chi connectivity index (χ4v) is 14.1. The highest BCUT2D eigenvalue weighted by Gasteiger charge is 2.31. The van der Waals surface area contributed by atoms with Gasteiger partial charge in [-0.3, -0.25) is 0 Å². The van der Waals surface area contributed by atoms with Gasteiger partial charge in [0.05, 0.1) is 11.4 Å². The van der Waals surface area contributed by atoms with E-state index in [-0.39, 0.29) is 21.7 Å². The van der Waals surface area contributed by atoms with Crippen molar-refractivity contribution >= 4 is 66.4 Å². The number of benzene rings is 14. The van der Waals surface area contributed by atoms with E-state index in [1.165, 1.54) is 99.1 Å². The summed E-state index contributed by atoms with van der Waals surface area (Å²) in [7, 11) is 0. The molecule has 438 valence electrons. The molecule has 0 aliphatic rings. The van der Waals surface area contributed by atoms with Crippen molar-refractivity contribution < 1.29 is 0 Å². The Morgan fingerprint density at radius 1 is 0.200 bits per heavy atom. The van der Waals surface area contributed by atoms with E-state index in [2.05, 4.69) is 381 Å². The van der Waals surface area contributed by atoms with Crippen molar-refractivity contribution in [3.05, 3.63) is 360 Å². The van der Waals surface area contributed by atoms with Crippen LogP contribution in [-0.2, 0) is 21.7 Å². The van der Waals surface area contributed by atoms with Gasteiger partial charge in [0.1, 0.15) is 0 Å². The van der Waals surface area contributed by atoms with Gasteiger partial charge >= 0.3 is 0 Å². The average molecular weight is 1160 g/mol. The monoisotopic (exact) mass is 1160 g/mol. The summed E-state index contributed by atoms with van der Waals surface area (Å²) in [6.45, 7) is 18.7. The topological polar surface area (TPSA) is 6.48 Å². The van der Waals surface area contributed by atoms with Crippen molar-refractivity contribution in [2.45, 2.75) is 77.0 Å². The Morgan fingerprint density at radius 2 is 0.400 bits per heavy atom. The molecule has 0 unspecified atom stereocenters. The second-order valence-electron chi connectivity index (χ2n) is 26.5. The second-order valence-corrected chi connectivity index (χ2v) is 26.5. The summed E-state index contributed by atoms with van der Waals surface area (Å²) in [5.74, 6) is 0. The molecule has 0 saturated carbocycles. The van der Waals surface area contributed by atoms with Crippen LogP contribution in [0.1, 0.15) is 99.9 Å². The maximum atomic E-state index is 2.51. The molecule has 14 rings (SSSR count). The zero-order valence-corrected chi connectivity index (χ0v) is 52.9. The van der Waals surface area contributed by atoms with Gasteiger partial charge in [0.25, 0.3) is 0 Å². The average Bonchev–Trinajstić information content (AvgIpc) is 0.707. The lowest BCUT2D eigenvalue weighted by molar-refractivity contribution is 0.640. The molecular formula is C88H76N2. The van der Waals surface area contributed by atoms with Gasteiger partial charge in [-0.1, -0.05) is 310 Å². The van der Waals surface area contributed by atoms with Gasteiger partial charge < -0.3 is 9.80 Å². The Morgan fingerprint density at radius 3 is 0.633 bits per heavy atom. The molecule has 0 fully saturated rings. The van der Waals surface area contributed by atoms with Crippen LogP contribution >= 0.6 is 0 Å². The standard InChI is InChI=1S/C88H76N2/c1-85(2,63-31-19-11-20-32-63)67-39-47-71(48-40-67)89(72-49-41-68(42-50-72)86(3,4)64-33-21-12-22-34-64)81-59-79(61-27-15-9-16-28-61)75-56-58-78-82(60-80(62-29-17-10-18-30-62)76-55-57-77(81)83(75)84(76)78)90(73-51-43-69(44-52-73)87(5,6)65-35-23-13-24-36-65)74-53-45-70(46-54-74)88(7,8)66-37-25-14-26-38-66/h9-60H,1-8H3. The van der Waals surface area contributed by atoms with Crippen molar-refractivity contribution in [1.29, 1.82) is 0 Å². The quantitative estimate of drug-likeness (QED) is 0.0890. The molecule has 0 amide bonds. The van der Waals surface area contributed by atoms with Crippen molar-refractivity contribution in [3.63, 3.8) is 0 Å². The molecule has 0 aliphatic carbocycles. The van der Waals surface area contributed by atoms with Crippen LogP contribution in [0.3, 0.4) is 0 Å². The van der Waals surface area contributed by atoms with Gasteiger partial charge in [-0.25, -0.2) is 0 Å². The number of anilines is 6. The van der Waals surface area contributed by atoms with Crippen molar-refractivity contribution in [1.82, 2.24) is 0 Å². The van der Waals surface area contributed by atoms with E-state index in [1.54, 1.807) is 0 Å². The third-order valence-electron chi connectivity index (χ3n) is 19.9. The Bertz CT molecular complexity index is 4280. The molecule has 0 bridgehead atoms. The Balaban J connectivity index is 1.04. The number of hydrogen-bond acceptors (Lipinski definition) is 2. The summed E-state index contributed by atoms with van der Waals surface area (Å²) < 4.78 is 0. The highest BCUT2D eigenvalue weighted by Crippen LogP contribution is 2.53. The molecule has 0 aliphatic heterocycles. The SMILES string of the molecule is CC(C)(c1ccccc1)c1ccc(N(c2ccc(C(C)(C)c3ccccc3)cc2)c2cc(-c3ccccc3)c3ccc4c(N(c5ccc(C(C)(C)c6ccccc6)cc5)c5ccc(C(C)(C)c6ccccc6)cc5)cc(-c5ccccc5)c5ccc2c3c54)cc1. The molecule has 2 heteroatoms. The second kappa shape index (κ2) is 23.0. The Kier molecular flexibility index (Phi) is 14.7. The molecule has 0 spiro atoms. The van der Waals surface area contributed by atoms with E-state index in [0.29, 0.717) is 0 Å². The summed E-state index contributed by atoms with van der Waals surface area (Å²) in [6.07, 6.45) is 0. The molecule has 2 nitrogen and oxygen atoms in total. The van der Waals surface area contributed by atoms with E-state index in [4.69, 9.17) is 0 Å². The maximum absolute atomic E-state index is 2.51. The normalized spacial score (nSPS) is 12.2. The van der Waals surface area contributed by atoms with Gasteiger partial charge in [0.2, 0.25) is 0 Å². The molecule has 0 aromatic heterocycles. The van der Waals surface area contributed by atoms with Crippen LogP contribution in [0.2, 0.25) is 0 Å². The molecule has 0 heterocycles. The fourth-order valence-electron chi connectivity index (χ4n) is 14.1. The molecule has 0 atom stereocenters. The summed E-state index contributed by atoms with van der Waals surface area (Å²) in [5, 5.41) is 7.23. The molecule has 14 aromatic rings. The van der Waals surface area contributed by atoms with Gasteiger partial charge in [-0.2, -0.15) is 0 Å². The smallest absolute Gasteiger partial charge is 0.0546 e. The lowest BCUT2D eigenvalue weighted by Gasteiger charge is -2.33. The first-order chi connectivity index (χ1) is 43.7. The van der Waals surface area contributed by atoms with E-state index in [0.717, 1.165) is 34.1 Å². The van der Waals surface area contributed by atoms with Crippen LogP contribution in [0, 0.1) is 0 Å².